The molecule has 0 aliphatic carbocycles. The van der Waals surface area contributed by atoms with E-state index >= 15 is 0 Å². The molecule has 2 saturated heterocycles. The summed E-state index contributed by atoms with van der Waals surface area (Å²) in [6, 6.07) is 0. The van der Waals surface area contributed by atoms with E-state index in [1.54, 1.807) is 0 Å². The van der Waals surface area contributed by atoms with E-state index in [4.69, 9.17) is 5.11 Å². The zero-order valence-corrected chi connectivity index (χ0v) is 9.98. The van der Waals surface area contributed by atoms with E-state index in [1.165, 1.54) is 0 Å². The fourth-order valence-electron chi connectivity index (χ4n) is 2.61. The Balaban J connectivity index is 1.81. The lowest BCUT2D eigenvalue weighted by Crippen LogP contribution is -2.50. The third-order valence-corrected chi connectivity index (χ3v) is 4.04. The lowest BCUT2D eigenvalue weighted by molar-refractivity contribution is -0.136. The van der Waals surface area contributed by atoms with Gasteiger partial charge in [-0.25, -0.2) is 0 Å². The Bertz CT molecular complexity index is 253. The smallest absolute Gasteiger partial charge is 0.225 e. The molecule has 2 rings (SSSR count). The van der Waals surface area contributed by atoms with E-state index in [9.17, 15) is 4.79 Å². The van der Waals surface area contributed by atoms with Crippen LogP contribution in [0.3, 0.4) is 0 Å². The Kier molecular flexibility index (Phi) is 3.82. The minimum Gasteiger partial charge on any atom is -0.396 e. The van der Waals surface area contributed by atoms with Crippen molar-refractivity contribution in [2.75, 3.05) is 32.8 Å². The molecule has 0 saturated carbocycles. The van der Waals surface area contributed by atoms with Crippen LogP contribution in [0.4, 0.5) is 0 Å². The van der Waals surface area contributed by atoms with Crippen molar-refractivity contribution >= 4 is 5.91 Å². The van der Waals surface area contributed by atoms with Gasteiger partial charge in [0.15, 0.2) is 0 Å². The second-order valence-electron chi connectivity index (χ2n) is 5.16. The molecule has 2 aliphatic rings. The molecule has 2 heterocycles. The molecule has 2 N–H and O–H groups in total. The Hall–Kier alpha value is -0.610. The molecule has 0 aromatic rings. The number of carbonyl (C=O) groups is 1. The number of aliphatic hydroxyl groups is 1. The summed E-state index contributed by atoms with van der Waals surface area (Å²) >= 11 is 0. The number of nitrogens with zero attached hydrogens (tertiary/aromatic N) is 1. The van der Waals surface area contributed by atoms with E-state index in [0.717, 1.165) is 39.0 Å². The molecule has 2 fully saturated rings. The molecular formula is C12H22N2O2. The topological polar surface area (TPSA) is 52.6 Å². The van der Waals surface area contributed by atoms with E-state index in [2.05, 4.69) is 5.32 Å². The van der Waals surface area contributed by atoms with Crippen LogP contribution >= 0.6 is 0 Å². The van der Waals surface area contributed by atoms with Gasteiger partial charge in [-0.05, 0) is 37.8 Å². The van der Waals surface area contributed by atoms with Crippen molar-refractivity contribution in [2.45, 2.75) is 19.8 Å². The summed E-state index contributed by atoms with van der Waals surface area (Å²) in [5.74, 6) is 1.52. The first-order valence-corrected chi connectivity index (χ1v) is 6.32. The number of amides is 1. The zero-order valence-electron chi connectivity index (χ0n) is 9.98. The second-order valence-corrected chi connectivity index (χ2v) is 5.16. The van der Waals surface area contributed by atoms with Crippen LogP contribution in [0, 0.1) is 17.8 Å². The van der Waals surface area contributed by atoms with Crippen LogP contribution in [0.2, 0.25) is 0 Å². The highest BCUT2D eigenvalue weighted by Crippen LogP contribution is 2.24. The van der Waals surface area contributed by atoms with Gasteiger partial charge in [0.05, 0.1) is 0 Å². The summed E-state index contributed by atoms with van der Waals surface area (Å²) in [6.45, 7) is 6.00. The number of hydrogen-bond acceptors (Lipinski definition) is 3. The van der Waals surface area contributed by atoms with Gasteiger partial charge in [0.25, 0.3) is 0 Å². The van der Waals surface area contributed by atoms with Crippen LogP contribution in [-0.2, 0) is 4.79 Å². The molecule has 0 spiro atoms. The van der Waals surface area contributed by atoms with Gasteiger partial charge in [-0.3, -0.25) is 4.79 Å². The fourth-order valence-corrected chi connectivity index (χ4v) is 2.61. The SMILES string of the molecule is CC(C(=O)N1CCC(CCO)C1)C1CNC1. The van der Waals surface area contributed by atoms with Crippen molar-refractivity contribution in [3.8, 4) is 0 Å². The average molecular weight is 226 g/mol. The molecule has 16 heavy (non-hydrogen) atoms. The van der Waals surface area contributed by atoms with Crippen LogP contribution in [0.5, 0.6) is 0 Å². The molecule has 0 bridgehead atoms. The normalized spacial score (nSPS) is 27.9. The van der Waals surface area contributed by atoms with E-state index in [1.807, 2.05) is 11.8 Å². The first-order valence-electron chi connectivity index (χ1n) is 6.32. The van der Waals surface area contributed by atoms with E-state index < -0.39 is 0 Å². The van der Waals surface area contributed by atoms with Crippen LogP contribution in [0.25, 0.3) is 0 Å². The highest BCUT2D eigenvalue weighted by atomic mass is 16.3. The lowest BCUT2D eigenvalue weighted by Gasteiger charge is -2.34. The van der Waals surface area contributed by atoms with Gasteiger partial charge in [-0.2, -0.15) is 0 Å². The Morgan fingerprint density at radius 3 is 2.88 bits per heavy atom. The number of aliphatic hydroxyl groups excluding tert-OH is 1. The van der Waals surface area contributed by atoms with E-state index in [-0.39, 0.29) is 12.5 Å². The summed E-state index contributed by atoms with van der Waals surface area (Å²) in [5.41, 5.74) is 0. The average Bonchev–Trinajstić information content (AvgIpc) is 2.63. The van der Waals surface area contributed by atoms with Gasteiger partial charge in [0, 0.05) is 25.6 Å². The van der Waals surface area contributed by atoms with Crippen LogP contribution in [-0.4, -0.2) is 48.7 Å². The molecule has 92 valence electrons. The highest BCUT2D eigenvalue weighted by molar-refractivity contribution is 5.79. The van der Waals surface area contributed by atoms with Crippen molar-refractivity contribution < 1.29 is 9.90 Å². The van der Waals surface area contributed by atoms with Crippen LogP contribution in [0.1, 0.15) is 19.8 Å². The molecule has 4 heteroatoms. The van der Waals surface area contributed by atoms with Gasteiger partial charge in [0.2, 0.25) is 5.91 Å². The molecule has 2 aliphatic heterocycles. The number of likely N-dealkylation sites (tertiary alicyclic amines) is 1. The van der Waals surface area contributed by atoms with Gasteiger partial charge in [-0.15, -0.1) is 0 Å². The number of hydrogen-bond donors (Lipinski definition) is 2. The molecule has 0 radical (unpaired) electrons. The quantitative estimate of drug-likeness (QED) is 0.713. The Morgan fingerprint density at radius 1 is 1.56 bits per heavy atom. The molecule has 0 aromatic heterocycles. The third-order valence-electron chi connectivity index (χ3n) is 4.04. The molecule has 0 aromatic carbocycles. The number of nitrogens with one attached hydrogen (secondary N) is 1. The third kappa shape index (κ3) is 2.38. The fraction of sp³-hybridized carbons (Fsp3) is 0.917. The van der Waals surface area contributed by atoms with Crippen molar-refractivity contribution in [2.24, 2.45) is 17.8 Å². The zero-order chi connectivity index (χ0) is 11.5. The largest absolute Gasteiger partial charge is 0.396 e. The minimum absolute atomic E-state index is 0.161. The van der Waals surface area contributed by atoms with Gasteiger partial charge in [0.1, 0.15) is 0 Å². The van der Waals surface area contributed by atoms with Crippen molar-refractivity contribution in [3.05, 3.63) is 0 Å². The monoisotopic (exact) mass is 226 g/mol. The Labute approximate surface area is 97.0 Å². The molecule has 1 amide bonds. The maximum absolute atomic E-state index is 12.2. The summed E-state index contributed by atoms with van der Waals surface area (Å²) in [5, 5.41) is 12.1. The van der Waals surface area contributed by atoms with E-state index in [0.29, 0.717) is 17.7 Å². The van der Waals surface area contributed by atoms with Crippen LogP contribution in [0.15, 0.2) is 0 Å². The predicted molar refractivity (Wildman–Crippen MR) is 61.9 cm³/mol. The second kappa shape index (κ2) is 5.15. The summed E-state index contributed by atoms with van der Waals surface area (Å²) in [4.78, 5) is 14.2. The predicted octanol–water partition coefficient (Wildman–Crippen LogP) is 0.0728. The summed E-state index contributed by atoms with van der Waals surface area (Å²) in [7, 11) is 0. The molecule has 4 nitrogen and oxygen atoms in total. The van der Waals surface area contributed by atoms with Gasteiger partial charge in [-0.1, -0.05) is 6.92 Å². The maximum atomic E-state index is 12.2. The number of carbonyl (C=O) groups excluding carboxylic acids is 1. The standard InChI is InChI=1S/C12H22N2O2/c1-9(11-6-13-7-11)12(16)14-4-2-10(8-14)3-5-15/h9-11,13,15H,2-8H2,1H3. The maximum Gasteiger partial charge on any atom is 0.225 e. The van der Waals surface area contributed by atoms with Gasteiger partial charge >= 0.3 is 0 Å². The lowest BCUT2D eigenvalue weighted by atomic mass is 9.88. The molecular weight excluding hydrogens is 204 g/mol. The first-order chi connectivity index (χ1) is 7.72. The highest BCUT2D eigenvalue weighted by Gasteiger charge is 2.34. The van der Waals surface area contributed by atoms with Gasteiger partial charge < -0.3 is 15.3 Å². The van der Waals surface area contributed by atoms with Crippen molar-refractivity contribution in [3.63, 3.8) is 0 Å². The summed E-state index contributed by atoms with van der Waals surface area (Å²) < 4.78 is 0. The minimum atomic E-state index is 0.161. The molecule has 2 atom stereocenters. The van der Waals surface area contributed by atoms with Crippen LogP contribution < -0.4 is 5.32 Å². The molecule has 2 unspecified atom stereocenters. The van der Waals surface area contributed by atoms with Crippen molar-refractivity contribution in [1.82, 2.24) is 10.2 Å². The van der Waals surface area contributed by atoms with Crippen molar-refractivity contribution in [1.29, 1.82) is 0 Å². The number of rotatable bonds is 4. The first kappa shape index (κ1) is 11.9. The Morgan fingerprint density at radius 2 is 2.31 bits per heavy atom. The summed E-state index contributed by atoms with van der Waals surface area (Å²) in [6.07, 6.45) is 1.89.